The quantitative estimate of drug-likeness (QED) is 0.646. The van der Waals surface area contributed by atoms with E-state index in [0.717, 1.165) is 22.2 Å². The summed E-state index contributed by atoms with van der Waals surface area (Å²) in [7, 11) is 1.40. The third kappa shape index (κ3) is 2.53. The second kappa shape index (κ2) is 5.94. The van der Waals surface area contributed by atoms with Crippen LogP contribution in [0, 0.1) is 6.92 Å². The number of esters is 1. The lowest BCUT2D eigenvalue weighted by Crippen LogP contribution is -2.30. The first kappa shape index (κ1) is 14.8. The van der Waals surface area contributed by atoms with E-state index in [1.54, 1.807) is 0 Å². The van der Waals surface area contributed by atoms with Crippen molar-refractivity contribution in [3.8, 4) is 0 Å². The molecule has 0 amide bonds. The number of methoxy groups -OCH3 is 1. The fourth-order valence-electron chi connectivity index (χ4n) is 2.79. The maximum absolute atomic E-state index is 12.1. The summed E-state index contributed by atoms with van der Waals surface area (Å²) in [5.41, 5.74) is 3.35. The zero-order valence-electron chi connectivity index (χ0n) is 12.8. The van der Waals surface area contributed by atoms with E-state index in [4.69, 9.17) is 14.2 Å². The van der Waals surface area contributed by atoms with Crippen LogP contribution in [-0.2, 0) is 20.8 Å². The molecule has 1 aromatic heterocycles. The topological polar surface area (TPSA) is 49.7 Å². The molecule has 5 nitrogen and oxygen atoms in total. The summed E-state index contributed by atoms with van der Waals surface area (Å²) >= 11 is 0. The second-order valence-corrected chi connectivity index (χ2v) is 5.38. The van der Waals surface area contributed by atoms with Crippen LogP contribution in [-0.4, -0.2) is 37.1 Å². The van der Waals surface area contributed by atoms with Crippen LogP contribution < -0.4 is 0 Å². The van der Waals surface area contributed by atoms with Crippen LogP contribution in [0.1, 0.15) is 16.1 Å². The van der Waals surface area contributed by atoms with Gasteiger partial charge in [-0.3, -0.25) is 0 Å². The van der Waals surface area contributed by atoms with Crippen LogP contribution in [0.4, 0.5) is 0 Å². The van der Waals surface area contributed by atoms with Crippen molar-refractivity contribution in [1.29, 1.82) is 0 Å². The first-order valence-corrected chi connectivity index (χ1v) is 7.17. The number of benzene rings is 1. The van der Waals surface area contributed by atoms with Crippen molar-refractivity contribution in [2.24, 2.45) is 0 Å². The molecular weight excluding hydrogens is 282 g/mol. The average molecular weight is 301 g/mol. The summed E-state index contributed by atoms with van der Waals surface area (Å²) in [5.74, 6) is -0.327. The molecule has 1 aliphatic rings. The number of ether oxygens (including phenoxy) is 3. The molecule has 0 aliphatic carbocycles. The van der Waals surface area contributed by atoms with Gasteiger partial charge in [0.1, 0.15) is 0 Å². The lowest BCUT2D eigenvalue weighted by atomic mass is 10.1. The maximum Gasteiger partial charge on any atom is 0.340 e. The SMILES string of the molecule is C=C1COC(Cn2c(C)c(C(=O)OC)c3ccccc32)OC1. The Hall–Kier alpha value is -2.11. The molecule has 0 N–H and O–H groups in total. The van der Waals surface area contributed by atoms with E-state index >= 15 is 0 Å². The molecule has 0 unspecified atom stereocenters. The first-order valence-electron chi connectivity index (χ1n) is 7.17. The predicted molar refractivity (Wildman–Crippen MR) is 82.8 cm³/mol. The van der Waals surface area contributed by atoms with E-state index in [1.807, 2.05) is 35.8 Å². The van der Waals surface area contributed by atoms with Crippen molar-refractivity contribution in [3.63, 3.8) is 0 Å². The number of aromatic nitrogens is 1. The molecule has 0 atom stereocenters. The van der Waals surface area contributed by atoms with Gasteiger partial charge in [0.2, 0.25) is 0 Å². The zero-order valence-corrected chi connectivity index (χ0v) is 12.8. The van der Waals surface area contributed by atoms with Crippen molar-refractivity contribution in [2.45, 2.75) is 19.8 Å². The molecule has 0 spiro atoms. The molecule has 5 heteroatoms. The van der Waals surface area contributed by atoms with Crippen LogP contribution >= 0.6 is 0 Å². The minimum atomic E-state index is -0.342. The Labute approximate surface area is 129 Å². The number of carbonyl (C=O) groups is 1. The number of fused-ring (bicyclic) bond motifs is 1. The van der Waals surface area contributed by atoms with Crippen molar-refractivity contribution in [1.82, 2.24) is 4.57 Å². The monoisotopic (exact) mass is 301 g/mol. The van der Waals surface area contributed by atoms with Crippen molar-refractivity contribution < 1.29 is 19.0 Å². The van der Waals surface area contributed by atoms with Crippen LogP contribution in [0.15, 0.2) is 36.4 Å². The van der Waals surface area contributed by atoms with Gasteiger partial charge in [0, 0.05) is 16.6 Å². The van der Waals surface area contributed by atoms with E-state index < -0.39 is 0 Å². The summed E-state index contributed by atoms with van der Waals surface area (Å²) in [5, 5.41) is 0.882. The molecule has 1 aliphatic heterocycles. The lowest BCUT2D eigenvalue weighted by Gasteiger charge is -2.26. The Bertz CT molecular complexity index is 722. The molecule has 2 heterocycles. The number of rotatable bonds is 3. The smallest absolute Gasteiger partial charge is 0.340 e. The Morgan fingerprint density at radius 3 is 2.73 bits per heavy atom. The highest BCUT2D eigenvalue weighted by Gasteiger charge is 2.23. The minimum absolute atomic E-state index is 0.327. The lowest BCUT2D eigenvalue weighted by molar-refractivity contribution is -0.162. The average Bonchev–Trinajstić information content (AvgIpc) is 2.81. The second-order valence-electron chi connectivity index (χ2n) is 5.38. The highest BCUT2D eigenvalue weighted by atomic mass is 16.7. The van der Waals surface area contributed by atoms with E-state index in [-0.39, 0.29) is 12.3 Å². The highest BCUT2D eigenvalue weighted by molar-refractivity contribution is 6.05. The van der Waals surface area contributed by atoms with Gasteiger partial charge in [0.15, 0.2) is 6.29 Å². The van der Waals surface area contributed by atoms with Gasteiger partial charge >= 0.3 is 5.97 Å². The standard InChI is InChI=1S/C17H19NO4/c1-11-9-21-15(22-10-11)8-18-12(2)16(17(19)20-3)13-6-4-5-7-14(13)18/h4-7,15H,1,8-10H2,2-3H3. The molecule has 1 saturated heterocycles. The molecule has 116 valence electrons. The van der Waals surface area contributed by atoms with Gasteiger partial charge in [-0.05, 0) is 18.6 Å². The van der Waals surface area contributed by atoms with Gasteiger partial charge in [-0.25, -0.2) is 4.79 Å². The van der Waals surface area contributed by atoms with Crippen LogP contribution in [0.2, 0.25) is 0 Å². The summed E-state index contributed by atoms with van der Waals surface area (Å²) in [6.45, 7) is 7.29. The largest absolute Gasteiger partial charge is 0.465 e. The van der Waals surface area contributed by atoms with Gasteiger partial charge in [0.25, 0.3) is 0 Å². The summed E-state index contributed by atoms with van der Waals surface area (Å²) in [4.78, 5) is 12.1. The number of carbonyl (C=O) groups excluding carboxylic acids is 1. The molecule has 0 bridgehead atoms. The van der Waals surface area contributed by atoms with Crippen molar-refractivity contribution in [2.75, 3.05) is 20.3 Å². The maximum atomic E-state index is 12.1. The molecule has 22 heavy (non-hydrogen) atoms. The molecule has 1 fully saturated rings. The summed E-state index contributed by atoms with van der Waals surface area (Å²) in [6, 6.07) is 7.77. The predicted octanol–water partition coefficient (Wildman–Crippen LogP) is 2.67. The van der Waals surface area contributed by atoms with Crippen molar-refractivity contribution in [3.05, 3.63) is 47.7 Å². The summed E-state index contributed by atoms with van der Waals surface area (Å²) in [6.07, 6.45) is -0.342. The van der Waals surface area contributed by atoms with E-state index in [9.17, 15) is 4.79 Å². The number of para-hydroxylation sites is 1. The normalized spacial score (nSPS) is 16.2. The van der Waals surface area contributed by atoms with Gasteiger partial charge in [-0.1, -0.05) is 24.8 Å². The summed E-state index contributed by atoms with van der Waals surface area (Å²) < 4.78 is 18.2. The molecule has 0 saturated carbocycles. The Morgan fingerprint density at radius 1 is 1.36 bits per heavy atom. The minimum Gasteiger partial charge on any atom is -0.465 e. The van der Waals surface area contributed by atoms with E-state index in [1.165, 1.54) is 7.11 Å². The van der Waals surface area contributed by atoms with Gasteiger partial charge in [-0.2, -0.15) is 0 Å². The Kier molecular flexibility index (Phi) is 4.00. The molecular formula is C17H19NO4. The fraction of sp³-hybridized carbons (Fsp3) is 0.353. The molecule has 3 rings (SSSR count). The van der Waals surface area contributed by atoms with Crippen molar-refractivity contribution >= 4 is 16.9 Å². The van der Waals surface area contributed by atoms with Gasteiger partial charge < -0.3 is 18.8 Å². The molecule has 0 radical (unpaired) electrons. The Morgan fingerprint density at radius 2 is 2.05 bits per heavy atom. The fourth-order valence-corrected chi connectivity index (χ4v) is 2.79. The molecule has 1 aromatic carbocycles. The van der Waals surface area contributed by atoms with Crippen LogP contribution in [0.25, 0.3) is 10.9 Å². The van der Waals surface area contributed by atoms with E-state index in [0.29, 0.717) is 25.3 Å². The number of hydrogen-bond acceptors (Lipinski definition) is 4. The highest BCUT2D eigenvalue weighted by Crippen LogP contribution is 2.27. The molecule has 2 aromatic rings. The number of nitrogens with zero attached hydrogens (tertiary/aromatic N) is 1. The van der Waals surface area contributed by atoms with Gasteiger partial charge in [0.05, 0.1) is 32.4 Å². The van der Waals surface area contributed by atoms with Gasteiger partial charge in [-0.15, -0.1) is 0 Å². The third-order valence-corrected chi connectivity index (χ3v) is 3.90. The van der Waals surface area contributed by atoms with E-state index in [2.05, 4.69) is 6.58 Å². The third-order valence-electron chi connectivity index (χ3n) is 3.90. The van der Waals surface area contributed by atoms with Crippen LogP contribution in [0.3, 0.4) is 0 Å². The first-order chi connectivity index (χ1) is 10.6. The number of hydrogen-bond donors (Lipinski definition) is 0. The Balaban J connectivity index is 2.00. The zero-order chi connectivity index (χ0) is 15.7. The van der Waals surface area contributed by atoms with Crippen LogP contribution in [0.5, 0.6) is 0 Å².